The lowest BCUT2D eigenvalue weighted by atomic mass is 9.98. The van der Waals surface area contributed by atoms with Crippen LogP contribution >= 0.6 is 0 Å². The predicted molar refractivity (Wildman–Crippen MR) is 58.8 cm³/mol. The third kappa shape index (κ3) is 3.22. The van der Waals surface area contributed by atoms with Gasteiger partial charge >= 0.3 is 0 Å². The molecule has 0 aliphatic carbocycles. The van der Waals surface area contributed by atoms with Crippen LogP contribution in [0.25, 0.3) is 0 Å². The Kier molecular flexibility index (Phi) is 3.53. The second-order valence-electron chi connectivity index (χ2n) is 4.24. The standard InChI is InChI=1S/C13H19/c1-10(2)9-12-5-7-13(8-6-12)11(3)4/h5-8,10-11H,3,9H2,1-2,4H3. The monoisotopic (exact) mass is 175 g/mol. The Bertz CT molecular complexity index is 241. The Labute approximate surface area is 82.0 Å². The smallest absolute Gasteiger partial charge is 0.0190 e. The van der Waals surface area contributed by atoms with Crippen LogP contribution < -0.4 is 0 Å². The predicted octanol–water partition coefficient (Wildman–Crippen LogP) is 3.82. The van der Waals surface area contributed by atoms with Gasteiger partial charge in [-0.25, -0.2) is 0 Å². The van der Waals surface area contributed by atoms with Crippen molar-refractivity contribution in [1.29, 1.82) is 0 Å². The summed E-state index contributed by atoms with van der Waals surface area (Å²) in [7, 11) is 0. The molecule has 0 saturated heterocycles. The lowest BCUT2D eigenvalue weighted by Gasteiger charge is -2.08. The Hall–Kier alpha value is -0.780. The summed E-state index contributed by atoms with van der Waals surface area (Å²) in [4.78, 5) is 0. The third-order valence-electron chi connectivity index (χ3n) is 2.19. The summed E-state index contributed by atoms with van der Waals surface area (Å²) in [6, 6.07) is 8.82. The lowest BCUT2D eigenvalue weighted by Crippen LogP contribution is -1.94. The van der Waals surface area contributed by atoms with E-state index in [-0.39, 0.29) is 0 Å². The summed E-state index contributed by atoms with van der Waals surface area (Å²) >= 11 is 0. The first kappa shape index (κ1) is 10.3. The highest BCUT2D eigenvalue weighted by Gasteiger charge is 2.00. The van der Waals surface area contributed by atoms with E-state index in [1.54, 1.807) is 0 Å². The molecule has 1 aromatic rings. The molecule has 0 spiro atoms. The van der Waals surface area contributed by atoms with Crippen LogP contribution in [-0.4, -0.2) is 0 Å². The van der Waals surface area contributed by atoms with Crippen LogP contribution in [-0.2, 0) is 6.42 Å². The first-order chi connectivity index (χ1) is 6.09. The van der Waals surface area contributed by atoms with Crippen LogP contribution in [0.1, 0.15) is 37.8 Å². The number of hydrogen-bond donors (Lipinski definition) is 0. The molecule has 0 aliphatic heterocycles. The molecule has 0 amide bonds. The number of hydrogen-bond acceptors (Lipinski definition) is 0. The van der Waals surface area contributed by atoms with Gasteiger partial charge in [0.15, 0.2) is 0 Å². The van der Waals surface area contributed by atoms with E-state index < -0.39 is 0 Å². The minimum Gasteiger partial charge on any atom is -0.0625 e. The fourth-order valence-corrected chi connectivity index (χ4v) is 1.45. The minimum atomic E-state index is 0.396. The molecule has 0 bridgehead atoms. The van der Waals surface area contributed by atoms with Crippen molar-refractivity contribution in [3.63, 3.8) is 0 Å². The van der Waals surface area contributed by atoms with Crippen molar-refractivity contribution in [1.82, 2.24) is 0 Å². The number of benzene rings is 1. The molecule has 0 saturated carbocycles. The van der Waals surface area contributed by atoms with E-state index in [0.717, 1.165) is 5.92 Å². The van der Waals surface area contributed by atoms with E-state index in [4.69, 9.17) is 0 Å². The van der Waals surface area contributed by atoms with Crippen LogP contribution in [0, 0.1) is 12.8 Å². The molecular weight excluding hydrogens is 156 g/mol. The molecule has 1 aromatic carbocycles. The molecule has 0 heteroatoms. The molecule has 0 nitrogen and oxygen atoms in total. The molecular formula is C13H19. The highest BCUT2D eigenvalue weighted by Crippen LogP contribution is 2.15. The molecule has 0 fully saturated rings. The van der Waals surface area contributed by atoms with Crippen LogP contribution in [0.3, 0.4) is 0 Å². The van der Waals surface area contributed by atoms with Gasteiger partial charge in [-0.15, -0.1) is 0 Å². The average molecular weight is 175 g/mol. The SMILES string of the molecule is [CH2]C(C)c1ccc(CC(C)C)cc1. The summed E-state index contributed by atoms with van der Waals surface area (Å²) < 4.78 is 0. The van der Waals surface area contributed by atoms with Crippen LogP contribution in [0.15, 0.2) is 24.3 Å². The number of rotatable bonds is 3. The molecule has 0 heterocycles. The molecule has 71 valence electrons. The van der Waals surface area contributed by atoms with Crippen molar-refractivity contribution in [2.24, 2.45) is 5.92 Å². The van der Waals surface area contributed by atoms with E-state index in [0.29, 0.717) is 5.92 Å². The van der Waals surface area contributed by atoms with E-state index in [1.807, 2.05) is 0 Å². The second kappa shape index (κ2) is 4.45. The Morgan fingerprint density at radius 1 is 1.08 bits per heavy atom. The Morgan fingerprint density at radius 2 is 1.62 bits per heavy atom. The van der Waals surface area contributed by atoms with Gasteiger partial charge in [0.1, 0.15) is 0 Å². The minimum absolute atomic E-state index is 0.396. The zero-order valence-corrected chi connectivity index (χ0v) is 8.88. The zero-order valence-electron chi connectivity index (χ0n) is 8.88. The maximum absolute atomic E-state index is 4.00. The largest absolute Gasteiger partial charge is 0.0625 e. The first-order valence-corrected chi connectivity index (χ1v) is 5.01. The molecule has 1 atom stereocenters. The van der Waals surface area contributed by atoms with Gasteiger partial charge in [0, 0.05) is 0 Å². The van der Waals surface area contributed by atoms with Gasteiger partial charge in [-0.1, -0.05) is 45.0 Å². The van der Waals surface area contributed by atoms with Crippen molar-refractivity contribution >= 4 is 0 Å². The van der Waals surface area contributed by atoms with Gasteiger partial charge in [-0.3, -0.25) is 0 Å². The van der Waals surface area contributed by atoms with Crippen molar-refractivity contribution < 1.29 is 0 Å². The fraction of sp³-hybridized carbons (Fsp3) is 0.462. The van der Waals surface area contributed by atoms with Gasteiger partial charge in [0.25, 0.3) is 0 Å². The van der Waals surface area contributed by atoms with Crippen molar-refractivity contribution in [2.45, 2.75) is 33.1 Å². The molecule has 1 unspecified atom stereocenters. The fourth-order valence-electron chi connectivity index (χ4n) is 1.45. The van der Waals surface area contributed by atoms with Crippen molar-refractivity contribution in [3.05, 3.63) is 42.3 Å². The molecule has 1 radical (unpaired) electrons. The summed E-state index contributed by atoms with van der Waals surface area (Å²) in [6.45, 7) is 10.6. The lowest BCUT2D eigenvalue weighted by molar-refractivity contribution is 0.647. The summed E-state index contributed by atoms with van der Waals surface area (Å²) in [6.07, 6.45) is 1.17. The van der Waals surface area contributed by atoms with Crippen LogP contribution in [0.4, 0.5) is 0 Å². The molecule has 1 rings (SSSR count). The van der Waals surface area contributed by atoms with Crippen molar-refractivity contribution in [3.8, 4) is 0 Å². The third-order valence-corrected chi connectivity index (χ3v) is 2.19. The van der Waals surface area contributed by atoms with Crippen LogP contribution in [0.5, 0.6) is 0 Å². The molecule has 0 N–H and O–H groups in total. The summed E-state index contributed by atoms with van der Waals surface area (Å²) in [5, 5.41) is 0. The zero-order chi connectivity index (χ0) is 9.84. The maximum Gasteiger partial charge on any atom is -0.0190 e. The molecule has 13 heavy (non-hydrogen) atoms. The molecule has 0 aromatic heterocycles. The Morgan fingerprint density at radius 3 is 2.00 bits per heavy atom. The van der Waals surface area contributed by atoms with Gasteiger partial charge in [0.2, 0.25) is 0 Å². The first-order valence-electron chi connectivity index (χ1n) is 5.01. The second-order valence-corrected chi connectivity index (χ2v) is 4.24. The summed E-state index contributed by atoms with van der Waals surface area (Å²) in [5.74, 6) is 1.14. The normalized spacial score (nSPS) is 11.2. The average Bonchev–Trinajstić information content (AvgIpc) is 2.04. The van der Waals surface area contributed by atoms with Gasteiger partial charge in [0.05, 0.1) is 0 Å². The van der Waals surface area contributed by atoms with E-state index in [2.05, 4.69) is 52.0 Å². The maximum atomic E-state index is 4.00. The van der Waals surface area contributed by atoms with E-state index in [1.165, 1.54) is 17.5 Å². The van der Waals surface area contributed by atoms with E-state index >= 15 is 0 Å². The molecule has 0 aliphatic rings. The highest BCUT2D eigenvalue weighted by atomic mass is 14.1. The quantitative estimate of drug-likeness (QED) is 0.655. The Balaban J connectivity index is 2.70. The van der Waals surface area contributed by atoms with E-state index in [9.17, 15) is 0 Å². The van der Waals surface area contributed by atoms with Crippen molar-refractivity contribution in [2.75, 3.05) is 0 Å². The van der Waals surface area contributed by atoms with Gasteiger partial charge < -0.3 is 0 Å². The summed E-state index contributed by atoms with van der Waals surface area (Å²) in [5.41, 5.74) is 2.76. The van der Waals surface area contributed by atoms with Crippen LogP contribution in [0.2, 0.25) is 0 Å². The van der Waals surface area contributed by atoms with Gasteiger partial charge in [-0.2, -0.15) is 0 Å². The highest BCUT2D eigenvalue weighted by molar-refractivity contribution is 5.25. The van der Waals surface area contributed by atoms with Gasteiger partial charge in [-0.05, 0) is 36.3 Å². The topological polar surface area (TPSA) is 0 Å².